The Labute approximate surface area is 104 Å². The van der Waals surface area contributed by atoms with Crippen LogP contribution < -0.4 is 10.6 Å². The lowest BCUT2D eigenvalue weighted by Crippen LogP contribution is -2.29. The molecule has 4 heteroatoms. The van der Waals surface area contributed by atoms with Crippen LogP contribution in [0.5, 0.6) is 0 Å². The highest BCUT2D eigenvalue weighted by Gasteiger charge is 2.37. The summed E-state index contributed by atoms with van der Waals surface area (Å²) >= 11 is 0. The maximum atomic E-state index is 11.7. The van der Waals surface area contributed by atoms with Crippen molar-refractivity contribution in [2.45, 2.75) is 45.1 Å². The molecular weight excluding hydrogens is 224 g/mol. The van der Waals surface area contributed by atoms with Gasteiger partial charge in [0.1, 0.15) is 0 Å². The third kappa shape index (κ3) is 3.95. The van der Waals surface area contributed by atoms with Gasteiger partial charge in [-0.3, -0.25) is 4.79 Å². The number of hydrogen-bond donors (Lipinski definition) is 2. The van der Waals surface area contributed by atoms with Crippen LogP contribution in [-0.2, 0) is 4.79 Å². The monoisotopic (exact) mass is 246 g/mol. The molecule has 1 aliphatic carbocycles. The number of carbonyl (C=O) groups is 1. The average Bonchev–Trinajstić information content (AvgIpc) is 2.73. The number of carbonyl (C=O) groups excluding carboxylic acids is 1. The molecule has 94 valence electrons. The Balaban J connectivity index is 0.00000128. The molecule has 1 saturated heterocycles. The molecule has 0 aromatic rings. The van der Waals surface area contributed by atoms with Crippen molar-refractivity contribution in [2.75, 3.05) is 13.1 Å². The van der Waals surface area contributed by atoms with E-state index in [0.717, 1.165) is 31.8 Å². The molecule has 0 spiro atoms. The highest BCUT2D eigenvalue weighted by Crippen LogP contribution is 2.34. The first-order valence-corrected chi connectivity index (χ1v) is 6.29. The lowest BCUT2D eigenvalue weighted by atomic mass is 10.0. The molecule has 0 bridgehead atoms. The zero-order valence-corrected chi connectivity index (χ0v) is 10.8. The Hall–Kier alpha value is -0.280. The Morgan fingerprint density at radius 3 is 2.94 bits per heavy atom. The highest BCUT2D eigenvalue weighted by molar-refractivity contribution is 5.85. The molecule has 1 amide bonds. The summed E-state index contributed by atoms with van der Waals surface area (Å²) in [4.78, 5) is 11.7. The summed E-state index contributed by atoms with van der Waals surface area (Å²) in [5.74, 6) is 1.63. The van der Waals surface area contributed by atoms with Gasteiger partial charge in [0.05, 0.1) is 0 Å². The van der Waals surface area contributed by atoms with Gasteiger partial charge in [-0.05, 0) is 44.2 Å². The Morgan fingerprint density at radius 1 is 1.50 bits per heavy atom. The van der Waals surface area contributed by atoms with Crippen LogP contribution in [0.1, 0.15) is 39.0 Å². The maximum Gasteiger partial charge on any atom is 0.220 e. The summed E-state index contributed by atoms with van der Waals surface area (Å²) in [5, 5.41) is 6.44. The van der Waals surface area contributed by atoms with Crippen LogP contribution in [0.2, 0.25) is 0 Å². The van der Waals surface area contributed by atoms with Crippen molar-refractivity contribution in [1.82, 2.24) is 10.6 Å². The molecule has 2 fully saturated rings. The van der Waals surface area contributed by atoms with Crippen molar-refractivity contribution in [2.24, 2.45) is 11.8 Å². The lowest BCUT2D eigenvalue weighted by Gasteiger charge is -2.08. The molecule has 16 heavy (non-hydrogen) atoms. The summed E-state index contributed by atoms with van der Waals surface area (Å²) in [6, 6.07) is 0.506. The Morgan fingerprint density at radius 2 is 2.31 bits per heavy atom. The average molecular weight is 247 g/mol. The minimum atomic E-state index is 0. The van der Waals surface area contributed by atoms with Gasteiger partial charge in [0.2, 0.25) is 5.91 Å². The van der Waals surface area contributed by atoms with Crippen LogP contribution >= 0.6 is 12.4 Å². The molecule has 2 rings (SSSR count). The second-order valence-corrected chi connectivity index (χ2v) is 5.02. The summed E-state index contributed by atoms with van der Waals surface area (Å²) in [6.07, 6.45) is 5.61. The molecule has 0 radical (unpaired) electrons. The summed E-state index contributed by atoms with van der Waals surface area (Å²) in [5.41, 5.74) is 0. The van der Waals surface area contributed by atoms with E-state index in [1.54, 1.807) is 0 Å². The van der Waals surface area contributed by atoms with Gasteiger partial charge in [-0.2, -0.15) is 0 Å². The third-order valence-corrected chi connectivity index (χ3v) is 3.56. The number of halogens is 1. The SMILES string of the molecule is CCCC1CC1NC(=O)CC1CCNC1.Cl. The van der Waals surface area contributed by atoms with Crippen molar-refractivity contribution in [3.8, 4) is 0 Å². The second-order valence-electron chi connectivity index (χ2n) is 5.02. The fraction of sp³-hybridized carbons (Fsp3) is 0.917. The van der Waals surface area contributed by atoms with Crippen molar-refractivity contribution in [3.63, 3.8) is 0 Å². The summed E-state index contributed by atoms with van der Waals surface area (Å²) in [7, 11) is 0. The van der Waals surface area contributed by atoms with E-state index in [9.17, 15) is 4.79 Å². The second kappa shape index (κ2) is 6.45. The zero-order valence-electron chi connectivity index (χ0n) is 10.00. The Kier molecular flexibility index (Phi) is 5.56. The van der Waals surface area contributed by atoms with Gasteiger partial charge in [-0.1, -0.05) is 13.3 Å². The van der Waals surface area contributed by atoms with E-state index in [-0.39, 0.29) is 18.3 Å². The third-order valence-electron chi connectivity index (χ3n) is 3.56. The van der Waals surface area contributed by atoms with E-state index >= 15 is 0 Å². The van der Waals surface area contributed by atoms with Crippen LogP contribution in [-0.4, -0.2) is 25.0 Å². The van der Waals surface area contributed by atoms with Crippen LogP contribution in [0, 0.1) is 11.8 Å². The normalized spacial score (nSPS) is 31.9. The summed E-state index contributed by atoms with van der Waals surface area (Å²) < 4.78 is 0. The molecule has 0 aromatic carbocycles. The first-order valence-electron chi connectivity index (χ1n) is 6.29. The number of nitrogens with one attached hydrogen (secondary N) is 2. The van der Waals surface area contributed by atoms with Gasteiger partial charge in [-0.15, -0.1) is 12.4 Å². The smallest absolute Gasteiger partial charge is 0.220 e. The summed E-state index contributed by atoms with van der Waals surface area (Å²) in [6.45, 7) is 4.32. The predicted molar refractivity (Wildman–Crippen MR) is 67.8 cm³/mol. The van der Waals surface area contributed by atoms with Gasteiger partial charge in [-0.25, -0.2) is 0 Å². The first kappa shape index (κ1) is 13.8. The van der Waals surface area contributed by atoms with E-state index in [4.69, 9.17) is 0 Å². The zero-order chi connectivity index (χ0) is 10.7. The van der Waals surface area contributed by atoms with Crippen molar-refractivity contribution < 1.29 is 4.79 Å². The lowest BCUT2D eigenvalue weighted by molar-refractivity contribution is -0.122. The topological polar surface area (TPSA) is 41.1 Å². The van der Waals surface area contributed by atoms with Crippen LogP contribution in [0.3, 0.4) is 0 Å². The fourth-order valence-electron chi connectivity index (χ4n) is 2.53. The first-order chi connectivity index (χ1) is 7.29. The van der Waals surface area contributed by atoms with Gasteiger partial charge < -0.3 is 10.6 Å². The molecule has 1 saturated carbocycles. The number of rotatable bonds is 5. The molecule has 3 atom stereocenters. The van der Waals surface area contributed by atoms with Crippen LogP contribution in [0.25, 0.3) is 0 Å². The molecule has 2 N–H and O–H groups in total. The van der Waals surface area contributed by atoms with E-state index in [0.29, 0.717) is 12.0 Å². The molecular formula is C12H23ClN2O. The maximum absolute atomic E-state index is 11.7. The van der Waals surface area contributed by atoms with E-state index in [1.165, 1.54) is 19.3 Å². The van der Waals surface area contributed by atoms with E-state index < -0.39 is 0 Å². The molecule has 3 unspecified atom stereocenters. The van der Waals surface area contributed by atoms with Gasteiger partial charge >= 0.3 is 0 Å². The largest absolute Gasteiger partial charge is 0.353 e. The highest BCUT2D eigenvalue weighted by atomic mass is 35.5. The van der Waals surface area contributed by atoms with Crippen molar-refractivity contribution in [3.05, 3.63) is 0 Å². The standard InChI is InChI=1S/C12H22N2O.ClH/c1-2-3-10-7-11(10)14-12(15)6-9-4-5-13-8-9;/h9-11,13H,2-8H2,1H3,(H,14,15);1H. The Bertz CT molecular complexity index is 229. The fourth-order valence-corrected chi connectivity index (χ4v) is 2.53. The van der Waals surface area contributed by atoms with Crippen molar-refractivity contribution in [1.29, 1.82) is 0 Å². The van der Waals surface area contributed by atoms with Gasteiger partial charge in [0.15, 0.2) is 0 Å². The molecule has 1 heterocycles. The van der Waals surface area contributed by atoms with Crippen LogP contribution in [0.15, 0.2) is 0 Å². The molecule has 3 nitrogen and oxygen atoms in total. The van der Waals surface area contributed by atoms with Gasteiger partial charge in [0, 0.05) is 12.5 Å². The predicted octanol–water partition coefficient (Wildman–Crippen LogP) is 1.71. The number of amides is 1. The number of hydrogen-bond acceptors (Lipinski definition) is 2. The minimum Gasteiger partial charge on any atom is -0.353 e. The minimum absolute atomic E-state index is 0. The van der Waals surface area contributed by atoms with Crippen molar-refractivity contribution >= 4 is 18.3 Å². The molecule has 1 aliphatic heterocycles. The molecule has 2 aliphatic rings. The van der Waals surface area contributed by atoms with Crippen LogP contribution in [0.4, 0.5) is 0 Å². The van der Waals surface area contributed by atoms with E-state index in [1.807, 2.05) is 0 Å². The van der Waals surface area contributed by atoms with Gasteiger partial charge in [0.25, 0.3) is 0 Å². The molecule has 0 aromatic heterocycles. The van der Waals surface area contributed by atoms with E-state index in [2.05, 4.69) is 17.6 Å². The quantitative estimate of drug-likeness (QED) is 0.776.